The fourth-order valence-corrected chi connectivity index (χ4v) is 1.95. The minimum atomic E-state index is -0.241. The van der Waals surface area contributed by atoms with E-state index in [1.54, 1.807) is 7.11 Å². The first-order chi connectivity index (χ1) is 9.67. The summed E-state index contributed by atoms with van der Waals surface area (Å²) in [6, 6.07) is 8.03. The van der Waals surface area contributed by atoms with Gasteiger partial charge >= 0.3 is 0 Å². The maximum absolute atomic E-state index is 11.9. The van der Waals surface area contributed by atoms with Crippen LogP contribution in [0.5, 0.6) is 0 Å². The molecule has 20 heavy (non-hydrogen) atoms. The Morgan fingerprint density at radius 1 is 1.30 bits per heavy atom. The normalized spacial score (nSPS) is 11.9. The molecule has 1 aromatic carbocycles. The van der Waals surface area contributed by atoms with Gasteiger partial charge in [0.15, 0.2) is 0 Å². The van der Waals surface area contributed by atoms with Gasteiger partial charge in [0, 0.05) is 25.9 Å². The predicted molar refractivity (Wildman–Crippen MR) is 83.0 cm³/mol. The lowest BCUT2D eigenvalue weighted by atomic mass is 10.1. The third-order valence-electron chi connectivity index (χ3n) is 3.09. The average molecular weight is 278 g/mol. The van der Waals surface area contributed by atoms with Gasteiger partial charge in [-0.05, 0) is 37.5 Å². The van der Waals surface area contributed by atoms with E-state index in [4.69, 9.17) is 4.74 Å². The molecule has 0 aromatic heterocycles. The van der Waals surface area contributed by atoms with Gasteiger partial charge in [0.25, 0.3) is 0 Å². The van der Waals surface area contributed by atoms with Crippen molar-refractivity contribution in [1.29, 1.82) is 0 Å². The lowest BCUT2D eigenvalue weighted by Gasteiger charge is -2.15. The van der Waals surface area contributed by atoms with Gasteiger partial charge in [0.05, 0.1) is 0 Å². The number of rotatable bonds is 9. The van der Waals surface area contributed by atoms with Gasteiger partial charge < -0.3 is 15.4 Å². The molecule has 0 saturated carbocycles. The zero-order valence-corrected chi connectivity index (χ0v) is 12.7. The maximum Gasteiger partial charge on any atom is 0.242 e. The van der Waals surface area contributed by atoms with Gasteiger partial charge in [-0.1, -0.05) is 25.5 Å². The van der Waals surface area contributed by atoms with Crippen molar-refractivity contribution in [2.45, 2.75) is 39.2 Å². The van der Waals surface area contributed by atoms with Crippen molar-refractivity contribution in [2.24, 2.45) is 0 Å². The number of nitrogens with one attached hydrogen (secondary N) is 2. The van der Waals surface area contributed by atoms with Crippen LogP contribution in [0, 0.1) is 0 Å². The number of carbonyl (C=O) groups excluding carboxylic acids is 1. The Morgan fingerprint density at radius 3 is 2.60 bits per heavy atom. The molecule has 1 rings (SSSR count). The Labute approximate surface area is 121 Å². The number of methoxy groups -OCH3 is 1. The molecule has 1 amide bonds. The van der Waals surface area contributed by atoms with Crippen LogP contribution in [0.3, 0.4) is 0 Å². The predicted octanol–water partition coefficient (Wildman–Crippen LogP) is 2.59. The third-order valence-corrected chi connectivity index (χ3v) is 3.09. The summed E-state index contributed by atoms with van der Waals surface area (Å²) in [4.78, 5) is 11.9. The molecular formula is C16H26N2O2. The topological polar surface area (TPSA) is 50.4 Å². The number of hydrogen-bond acceptors (Lipinski definition) is 3. The molecule has 0 heterocycles. The van der Waals surface area contributed by atoms with Crippen LogP contribution in [-0.4, -0.2) is 32.2 Å². The summed E-state index contributed by atoms with van der Waals surface area (Å²) >= 11 is 0. The number of anilines is 1. The maximum atomic E-state index is 11.9. The van der Waals surface area contributed by atoms with E-state index in [2.05, 4.69) is 29.7 Å². The number of amides is 1. The highest BCUT2D eigenvalue weighted by molar-refractivity contribution is 5.84. The van der Waals surface area contributed by atoms with Crippen molar-refractivity contribution in [3.8, 4) is 0 Å². The Morgan fingerprint density at radius 2 is 2.00 bits per heavy atom. The van der Waals surface area contributed by atoms with Crippen LogP contribution in [0.1, 0.15) is 32.3 Å². The summed E-state index contributed by atoms with van der Waals surface area (Å²) < 4.78 is 4.94. The van der Waals surface area contributed by atoms with E-state index < -0.39 is 0 Å². The summed E-state index contributed by atoms with van der Waals surface area (Å²) in [7, 11) is 1.66. The summed E-state index contributed by atoms with van der Waals surface area (Å²) in [6.07, 6.45) is 3.07. The van der Waals surface area contributed by atoms with Crippen LogP contribution in [-0.2, 0) is 16.0 Å². The number of benzene rings is 1. The van der Waals surface area contributed by atoms with E-state index in [1.165, 1.54) is 5.56 Å². The standard InChI is InChI=1S/C16H26N2O2/c1-4-6-14-7-9-15(10-8-14)18-13(2)16(19)17-11-5-12-20-3/h7-10,13,18H,4-6,11-12H2,1-3H3,(H,17,19). The Kier molecular flexibility index (Phi) is 7.73. The lowest BCUT2D eigenvalue weighted by Crippen LogP contribution is -2.38. The van der Waals surface area contributed by atoms with Gasteiger partial charge in [-0.3, -0.25) is 4.79 Å². The molecule has 0 saturated heterocycles. The SMILES string of the molecule is CCCc1ccc(NC(C)C(=O)NCCCOC)cc1. The molecule has 4 heteroatoms. The molecule has 112 valence electrons. The van der Waals surface area contributed by atoms with Crippen molar-refractivity contribution in [3.05, 3.63) is 29.8 Å². The van der Waals surface area contributed by atoms with Crippen molar-refractivity contribution >= 4 is 11.6 Å². The second-order valence-electron chi connectivity index (χ2n) is 4.95. The number of carbonyl (C=O) groups is 1. The molecule has 1 atom stereocenters. The molecule has 0 spiro atoms. The lowest BCUT2D eigenvalue weighted by molar-refractivity contribution is -0.121. The number of aryl methyl sites for hydroxylation is 1. The van der Waals surface area contributed by atoms with Crippen LogP contribution in [0.4, 0.5) is 5.69 Å². The molecule has 0 aliphatic heterocycles. The largest absolute Gasteiger partial charge is 0.385 e. The molecule has 0 aliphatic rings. The van der Waals surface area contributed by atoms with Crippen LogP contribution in [0.2, 0.25) is 0 Å². The highest BCUT2D eigenvalue weighted by Gasteiger charge is 2.11. The average Bonchev–Trinajstić information content (AvgIpc) is 2.45. The molecule has 2 N–H and O–H groups in total. The summed E-state index contributed by atoms with van der Waals surface area (Å²) in [5.74, 6) is 0.0127. The molecule has 0 fully saturated rings. The fraction of sp³-hybridized carbons (Fsp3) is 0.562. The summed E-state index contributed by atoms with van der Waals surface area (Å²) in [6.45, 7) is 5.35. The van der Waals surface area contributed by atoms with E-state index in [0.29, 0.717) is 13.2 Å². The second kappa shape index (κ2) is 9.37. The molecule has 4 nitrogen and oxygen atoms in total. The Bertz CT molecular complexity index is 390. The Balaban J connectivity index is 2.36. The van der Waals surface area contributed by atoms with Crippen LogP contribution < -0.4 is 10.6 Å². The number of hydrogen-bond donors (Lipinski definition) is 2. The van der Waals surface area contributed by atoms with Gasteiger partial charge in [-0.25, -0.2) is 0 Å². The second-order valence-corrected chi connectivity index (χ2v) is 4.95. The van der Waals surface area contributed by atoms with Crippen molar-refractivity contribution in [1.82, 2.24) is 5.32 Å². The first-order valence-corrected chi connectivity index (χ1v) is 7.29. The monoisotopic (exact) mass is 278 g/mol. The quantitative estimate of drug-likeness (QED) is 0.683. The van der Waals surface area contributed by atoms with E-state index >= 15 is 0 Å². The minimum absolute atomic E-state index is 0.0127. The highest BCUT2D eigenvalue weighted by Crippen LogP contribution is 2.12. The first-order valence-electron chi connectivity index (χ1n) is 7.29. The molecule has 0 aliphatic carbocycles. The van der Waals surface area contributed by atoms with Crippen molar-refractivity contribution in [2.75, 3.05) is 25.6 Å². The van der Waals surface area contributed by atoms with Crippen molar-refractivity contribution in [3.63, 3.8) is 0 Å². The third kappa shape index (κ3) is 6.06. The number of ether oxygens (including phenoxy) is 1. The summed E-state index contributed by atoms with van der Waals surface area (Å²) in [5, 5.41) is 6.10. The fourth-order valence-electron chi connectivity index (χ4n) is 1.95. The van der Waals surface area contributed by atoms with Gasteiger partial charge in [0.2, 0.25) is 5.91 Å². The van der Waals surface area contributed by atoms with Crippen LogP contribution in [0.25, 0.3) is 0 Å². The highest BCUT2D eigenvalue weighted by atomic mass is 16.5. The molecule has 0 radical (unpaired) electrons. The van der Waals surface area contributed by atoms with Gasteiger partial charge in [0.1, 0.15) is 6.04 Å². The smallest absolute Gasteiger partial charge is 0.242 e. The first kappa shape index (κ1) is 16.5. The van der Waals surface area contributed by atoms with E-state index in [9.17, 15) is 4.79 Å². The van der Waals surface area contributed by atoms with Crippen LogP contribution >= 0.6 is 0 Å². The van der Waals surface area contributed by atoms with E-state index in [1.807, 2.05) is 19.1 Å². The molecule has 1 unspecified atom stereocenters. The zero-order chi connectivity index (χ0) is 14.8. The van der Waals surface area contributed by atoms with Gasteiger partial charge in [-0.15, -0.1) is 0 Å². The van der Waals surface area contributed by atoms with E-state index in [-0.39, 0.29) is 11.9 Å². The molecular weight excluding hydrogens is 252 g/mol. The Hall–Kier alpha value is -1.55. The minimum Gasteiger partial charge on any atom is -0.385 e. The van der Waals surface area contributed by atoms with Crippen molar-refractivity contribution < 1.29 is 9.53 Å². The van der Waals surface area contributed by atoms with Gasteiger partial charge in [-0.2, -0.15) is 0 Å². The van der Waals surface area contributed by atoms with Crippen LogP contribution in [0.15, 0.2) is 24.3 Å². The van der Waals surface area contributed by atoms with E-state index in [0.717, 1.165) is 24.9 Å². The molecule has 1 aromatic rings. The zero-order valence-electron chi connectivity index (χ0n) is 12.7. The molecule has 0 bridgehead atoms. The summed E-state index contributed by atoms with van der Waals surface area (Å²) in [5.41, 5.74) is 2.30.